The van der Waals surface area contributed by atoms with Gasteiger partial charge in [-0.1, -0.05) is 0 Å². The summed E-state index contributed by atoms with van der Waals surface area (Å²) < 4.78 is 0. The van der Waals surface area contributed by atoms with Crippen molar-refractivity contribution in [2.45, 2.75) is 13.3 Å². The van der Waals surface area contributed by atoms with Crippen molar-refractivity contribution in [1.82, 2.24) is 10.4 Å². The molecule has 0 aliphatic heterocycles. The zero-order valence-corrected chi connectivity index (χ0v) is 14.5. The molecular formula is C18H21N5O2. The summed E-state index contributed by atoms with van der Waals surface area (Å²) in [6.45, 7) is 1.68. The monoisotopic (exact) mass is 339 g/mol. The van der Waals surface area contributed by atoms with Gasteiger partial charge in [0.15, 0.2) is 0 Å². The molecule has 1 heterocycles. The summed E-state index contributed by atoms with van der Waals surface area (Å²) in [5.41, 5.74) is 5.08. The van der Waals surface area contributed by atoms with Crippen LogP contribution in [0.5, 0.6) is 0 Å². The Hall–Kier alpha value is -3.22. The third-order valence-electron chi connectivity index (χ3n) is 3.36. The van der Waals surface area contributed by atoms with Gasteiger partial charge in [-0.15, -0.1) is 0 Å². The van der Waals surface area contributed by atoms with Crippen LogP contribution in [-0.2, 0) is 4.79 Å². The molecule has 0 atom stereocenters. The number of hydrogen-bond acceptors (Lipinski definition) is 5. The first-order valence-corrected chi connectivity index (χ1v) is 7.76. The molecule has 7 nitrogen and oxygen atoms in total. The Kier molecular flexibility index (Phi) is 6.22. The first kappa shape index (κ1) is 18.1. The lowest BCUT2D eigenvalue weighted by Gasteiger charge is -2.13. The molecule has 2 rings (SSSR count). The number of rotatable bonds is 6. The second kappa shape index (κ2) is 8.58. The van der Waals surface area contributed by atoms with E-state index < -0.39 is 0 Å². The molecule has 130 valence electrons. The number of benzene rings is 1. The van der Waals surface area contributed by atoms with E-state index in [2.05, 4.69) is 20.8 Å². The Balaban J connectivity index is 1.85. The van der Waals surface area contributed by atoms with Crippen LogP contribution in [0.25, 0.3) is 0 Å². The van der Waals surface area contributed by atoms with Crippen LogP contribution >= 0.6 is 0 Å². The maximum atomic E-state index is 12.0. The third-order valence-corrected chi connectivity index (χ3v) is 3.36. The van der Waals surface area contributed by atoms with Gasteiger partial charge in [0.05, 0.1) is 12.0 Å². The molecule has 1 aromatic carbocycles. The summed E-state index contributed by atoms with van der Waals surface area (Å²) in [6.07, 6.45) is 3.12. The predicted octanol–water partition coefficient (Wildman–Crippen LogP) is 2.28. The summed E-state index contributed by atoms with van der Waals surface area (Å²) >= 11 is 0. The van der Waals surface area contributed by atoms with Gasteiger partial charge in [0, 0.05) is 43.6 Å². The van der Waals surface area contributed by atoms with Gasteiger partial charge in [-0.25, -0.2) is 5.43 Å². The number of hydrogen-bond donors (Lipinski definition) is 2. The van der Waals surface area contributed by atoms with Crippen molar-refractivity contribution < 1.29 is 9.59 Å². The normalized spacial score (nSPS) is 10.9. The van der Waals surface area contributed by atoms with Crippen LogP contribution in [0, 0.1) is 0 Å². The second-order valence-electron chi connectivity index (χ2n) is 5.70. The molecule has 7 heteroatoms. The smallest absolute Gasteiger partial charge is 0.272 e. The van der Waals surface area contributed by atoms with Crippen LogP contribution < -0.4 is 15.6 Å². The number of amides is 2. The van der Waals surface area contributed by atoms with Crippen LogP contribution in [0.2, 0.25) is 0 Å². The Morgan fingerprint density at radius 2 is 1.88 bits per heavy atom. The SMILES string of the molecule is C/C(CC(=O)Nc1ccc(N(C)C)cc1)=N\NC(=O)c1cccnc1. The lowest BCUT2D eigenvalue weighted by molar-refractivity contribution is -0.115. The molecule has 1 aromatic heterocycles. The summed E-state index contributed by atoms with van der Waals surface area (Å²) in [5.74, 6) is -0.568. The molecule has 0 radical (unpaired) electrons. The van der Waals surface area contributed by atoms with Gasteiger partial charge in [0.2, 0.25) is 5.91 Å². The average molecular weight is 339 g/mol. The molecule has 0 aliphatic rings. The lowest BCUT2D eigenvalue weighted by atomic mass is 10.2. The molecule has 0 bridgehead atoms. The lowest BCUT2D eigenvalue weighted by Crippen LogP contribution is -2.21. The van der Waals surface area contributed by atoms with Crippen LogP contribution in [0.3, 0.4) is 0 Å². The second-order valence-corrected chi connectivity index (χ2v) is 5.70. The van der Waals surface area contributed by atoms with E-state index in [-0.39, 0.29) is 18.2 Å². The standard InChI is InChI=1S/C18H21N5O2/c1-13(21-22-18(25)14-5-4-10-19-12-14)11-17(24)20-15-6-8-16(9-7-15)23(2)3/h4-10,12H,11H2,1-3H3,(H,20,24)(H,22,25)/b21-13+. The minimum atomic E-state index is -0.368. The molecule has 0 fully saturated rings. The van der Waals surface area contributed by atoms with E-state index in [4.69, 9.17) is 0 Å². The fraction of sp³-hybridized carbons (Fsp3) is 0.222. The molecule has 0 aliphatic carbocycles. The molecule has 2 N–H and O–H groups in total. The van der Waals surface area contributed by atoms with Crippen LogP contribution in [0.4, 0.5) is 11.4 Å². The largest absolute Gasteiger partial charge is 0.378 e. The fourth-order valence-corrected chi connectivity index (χ4v) is 2.03. The van der Waals surface area contributed by atoms with Gasteiger partial charge in [-0.05, 0) is 43.3 Å². The quantitative estimate of drug-likeness (QED) is 0.624. The van der Waals surface area contributed by atoms with E-state index in [9.17, 15) is 9.59 Å². The van der Waals surface area contributed by atoms with Gasteiger partial charge < -0.3 is 10.2 Å². The van der Waals surface area contributed by atoms with E-state index in [1.54, 1.807) is 25.3 Å². The Morgan fingerprint density at radius 3 is 2.48 bits per heavy atom. The van der Waals surface area contributed by atoms with Gasteiger partial charge >= 0.3 is 0 Å². The minimum absolute atomic E-state index is 0.0861. The number of hydrazone groups is 1. The van der Waals surface area contributed by atoms with Gasteiger partial charge in [0.25, 0.3) is 5.91 Å². The maximum absolute atomic E-state index is 12.0. The van der Waals surface area contributed by atoms with Crippen LogP contribution in [0.1, 0.15) is 23.7 Å². The van der Waals surface area contributed by atoms with Crippen molar-refractivity contribution in [3.63, 3.8) is 0 Å². The van der Waals surface area contributed by atoms with Crippen molar-refractivity contribution in [1.29, 1.82) is 0 Å². The summed E-state index contributed by atoms with van der Waals surface area (Å²) in [6, 6.07) is 10.8. The van der Waals surface area contributed by atoms with Crippen molar-refractivity contribution >= 4 is 28.9 Å². The topological polar surface area (TPSA) is 86.7 Å². The number of nitrogens with zero attached hydrogens (tertiary/aromatic N) is 3. The highest BCUT2D eigenvalue weighted by Gasteiger charge is 2.07. The van der Waals surface area contributed by atoms with Crippen molar-refractivity contribution in [2.24, 2.45) is 5.10 Å². The van der Waals surface area contributed by atoms with Crippen LogP contribution in [0.15, 0.2) is 53.9 Å². The molecule has 2 amide bonds. The molecule has 25 heavy (non-hydrogen) atoms. The van der Waals surface area contributed by atoms with Crippen molar-refractivity contribution in [2.75, 3.05) is 24.3 Å². The number of anilines is 2. The van der Waals surface area contributed by atoms with Gasteiger partial charge in [-0.2, -0.15) is 5.10 Å². The summed E-state index contributed by atoms with van der Waals surface area (Å²) in [5, 5.41) is 6.74. The minimum Gasteiger partial charge on any atom is -0.378 e. The van der Waals surface area contributed by atoms with Gasteiger partial charge in [0.1, 0.15) is 0 Å². The first-order valence-electron chi connectivity index (χ1n) is 7.76. The molecule has 0 unspecified atom stereocenters. The Morgan fingerprint density at radius 1 is 1.16 bits per heavy atom. The Bertz CT molecular complexity index is 755. The first-order chi connectivity index (χ1) is 12.0. The predicted molar refractivity (Wildman–Crippen MR) is 98.8 cm³/mol. The number of carbonyl (C=O) groups is 2. The average Bonchev–Trinajstić information content (AvgIpc) is 2.60. The fourth-order valence-electron chi connectivity index (χ4n) is 2.03. The van der Waals surface area contributed by atoms with E-state index >= 15 is 0 Å². The zero-order valence-electron chi connectivity index (χ0n) is 14.5. The zero-order chi connectivity index (χ0) is 18.2. The van der Waals surface area contributed by atoms with E-state index in [0.29, 0.717) is 17.0 Å². The number of aromatic nitrogens is 1. The molecule has 0 saturated carbocycles. The van der Waals surface area contributed by atoms with Crippen molar-refractivity contribution in [3.8, 4) is 0 Å². The number of carbonyl (C=O) groups excluding carboxylic acids is 2. The number of nitrogens with one attached hydrogen (secondary N) is 2. The summed E-state index contributed by atoms with van der Waals surface area (Å²) in [7, 11) is 3.90. The highest BCUT2D eigenvalue weighted by molar-refractivity contribution is 6.06. The van der Waals surface area contributed by atoms with Gasteiger partial charge in [-0.3, -0.25) is 14.6 Å². The van der Waals surface area contributed by atoms with Crippen molar-refractivity contribution in [3.05, 3.63) is 54.4 Å². The van der Waals surface area contributed by atoms with E-state index in [1.165, 1.54) is 6.20 Å². The molecule has 0 spiro atoms. The molecule has 2 aromatic rings. The van der Waals surface area contributed by atoms with Crippen LogP contribution in [-0.4, -0.2) is 36.6 Å². The third kappa shape index (κ3) is 5.72. The molecular weight excluding hydrogens is 318 g/mol. The maximum Gasteiger partial charge on any atom is 0.272 e. The number of pyridine rings is 1. The Labute approximate surface area is 146 Å². The highest BCUT2D eigenvalue weighted by atomic mass is 16.2. The summed E-state index contributed by atoms with van der Waals surface area (Å²) in [4.78, 5) is 29.7. The van der Waals surface area contributed by atoms with E-state index in [1.807, 2.05) is 43.3 Å². The highest BCUT2D eigenvalue weighted by Crippen LogP contribution is 2.15. The van der Waals surface area contributed by atoms with E-state index in [0.717, 1.165) is 5.69 Å². The molecule has 0 saturated heterocycles.